The second-order valence-corrected chi connectivity index (χ2v) is 6.61. The van der Waals surface area contributed by atoms with Gasteiger partial charge in [-0.25, -0.2) is 0 Å². The molecule has 1 fully saturated rings. The smallest absolute Gasteiger partial charge is 0.303 e. The Morgan fingerprint density at radius 1 is 1.57 bits per heavy atom. The van der Waals surface area contributed by atoms with Crippen LogP contribution >= 0.6 is 11.3 Å². The summed E-state index contributed by atoms with van der Waals surface area (Å²) in [7, 11) is 0. The molecule has 0 aromatic carbocycles. The van der Waals surface area contributed by atoms with E-state index in [1.165, 1.54) is 0 Å². The van der Waals surface area contributed by atoms with Crippen molar-refractivity contribution in [2.75, 3.05) is 19.6 Å². The number of rotatable bonds is 7. The fraction of sp³-hybridized carbons (Fsp3) is 0.600. The number of likely N-dealkylation sites (tertiary alicyclic amines) is 1. The largest absolute Gasteiger partial charge is 0.481 e. The summed E-state index contributed by atoms with van der Waals surface area (Å²) in [5, 5.41) is 13.7. The van der Waals surface area contributed by atoms with Gasteiger partial charge in [0.2, 0.25) is 5.91 Å². The molecular formula is C15H22N2O3S. The number of carboxylic acid groups (broad SMARTS) is 1. The Morgan fingerprint density at radius 3 is 3.05 bits per heavy atom. The van der Waals surface area contributed by atoms with E-state index in [0.29, 0.717) is 18.9 Å². The Kier molecular flexibility index (Phi) is 5.76. The Hall–Kier alpha value is -1.40. The van der Waals surface area contributed by atoms with Crippen LogP contribution in [0.4, 0.5) is 0 Å². The normalized spacial score (nSPS) is 20.3. The van der Waals surface area contributed by atoms with Crippen LogP contribution in [-0.2, 0) is 9.59 Å². The topological polar surface area (TPSA) is 69.6 Å². The predicted octanol–water partition coefficient (Wildman–Crippen LogP) is 2.11. The zero-order chi connectivity index (χ0) is 15.2. The minimum atomic E-state index is -0.740. The molecule has 1 aromatic heterocycles. The quantitative estimate of drug-likeness (QED) is 0.809. The van der Waals surface area contributed by atoms with Gasteiger partial charge in [0.15, 0.2) is 0 Å². The molecule has 1 amide bonds. The summed E-state index contributed by atoms with van der Waals surface area (Å²) in [6.07, 6.45) is 1.92. The van der Waals surface area contributed by atoms with Gasteiger partial charge in [0.1, 0.15) is 0 Å². The van der Waals surface area contributed by atoms with Crippen molar-refractivity contribution < 1.29 is 14.7 Å². The van der Waals surface area contributed by atoms with Crippen molar-refractivity contribution in [3.8, 4) is 0 Å². The van der Waals surface area contributed by atoms with Crippen LogP contribution in [0.2, 0.25) is 0 Å². The van der Waals surface area contributed by atoms with Crippen molar-refractivity contribution in [3.63, 3.8) is 0 Å². The number of carboxylic acids is 1. The Bertz CT molecular complexity index is 475. The summed E-state index contributed by atoms with van der Waals surface area (Å²) in [6.45, 7) is 4.10. The maximum atomic E-state index is 12.0. The molecule has 1 aliphatic rings. The molecule has 6 heteroatoms. The monoisotopic (exact) mass is 310 g/mol. The van der Waals surface area contributed by atoms with Crippen LogP contribution in [0.15, 0.2) is 17.5 Å². The van der Waals surface area contributed by atoms with E-state index in [4.69, 9.17) is 5.11 Å². The van der Waals surface area contributed by atoms with Gasteiger partial charge in [-0.2, -0.15) is 0 Å². The highest BCUT2D eigenvalue weighted by Gasteiger charge is 2.24. The zero-order valence-corrected chi connectivity index (χ0v) is 13.1. The molecule has 2 N–H and O–H groups in total. The van der Waals surface area contributed by atoms with E-state index in [-0.39, 0.29) is 18.4 Å². The first-order valence-electron chi connectivity index (χ1n) is 7.31. The van der Waals surface area contributed by atoms with Crippen molar-refractivity contribution >= 4 is 23.2 Å². The van der Waals surface area contributed by atoms with E-state index in [9.17, 15) is 9.59 Å². The lowest BCUT2D eigenvalue weighted by molar-refractivity contribution is -0.137. The molecule has 0 saturated carbocycles. The molecule has 1 saturated heterocycles. The number of nitrogens with zero attached hydrogens (tertiary/aromatic N) is 1. The molecule has 2 rings (SSSR count). The van der Waals surface area contributed by atoms with Crippen LogP contribution in [0.3, 0.4) is 0 Å². The molecule has 5 nitrogen and oxygen atoms in total. The van der Waals surface area contributed by atoms with Crippen molar-refractivity contribution in [3.05, 3.63) is 22.4 Å². The Labute approximate surface area is 129 Å². The maximum Gasteiger partial charge on any atom is 0.303 e. The molecule has 2 heterocycles. The fourth-order valence-corrected chi connectivity index (χ4v) is 3.45. The number of amides is 1. The lowest BCUT2D eigenvalue weighted by Crippen LogP contribution is -2.37. The third-order valence-corrected chi connectivity index (χ3v) is 4.91. The van der Waals surface area contributed by atoms with Gasteiger partial charge < -0.3 is 10.4 Å². The van der Waals surface area contributed by atoms with Crippen LogP contribution in [0, 0.1) is 5.92 Å². The van der Waals surface area contributed by atoms with E-state index in [2.05, 4.69) is 10.2 Å². The van der Waals surface area contributed by atoms with E-state index < -0.39 is 5.97 Å². The lowest BCUT2D eigenvalue weighted by Gasteiger charge is -2.18. The first-order valence-corrected chi connectivity index (χ1v) is 8.19. The average Bonchev–Trinajstić information content (AvgIpc) is 3.07. The first-order chi connectivity index (χ1) is 10.0. The summed E-state index contributed by atoms with van der Waals surface area (Å²) < 4.78 is 0. The molecule has 1 aliphatic heterocycles. The van der Waals surface area contributed by atoms with Crippen molar-refractivity contribution in [2.45, 2.75) is 32.2 Å². The lowest BCUT2D eigenvalue weighted by atomic mass is 10.0. The predicted molar refractivity (Wildman–Crippen MR) is 82.3 cm³/mol. The Balaban J connectivity index is 1.70. The summed E-state index contributed by atoms with van der Waals surface area (Å²) in [5.41, 5.74) is 0. The van der Waals surface area contributed by atoms with Crippen LogP contribution < -0.4 is 5.32 Å². The average molecular weight is 310 g/mol. The van der Waals surface area contributed by atoms with Gasteiger partial charge in [-0.3, -0.25) is 14.5 Å². The molecule has 21 heavy (non-hydrogen) atoms. The summed E-state index contributed by atoms with van der Waals surface area (Å²) in [5.74, 6) is -0.297. The Morgan fingerprint density at radius 2 is 2.38 bits per heavy atom. The second-order valence-electron chi connectivity index (χ2n) is 5.63. The number of nitrogens with one attached hydrogen (secondary N) is 1. The van der Waals surface area contributed by atoms with Gasteiger partial charge in [0.25, 0.3) is 0 Å². The van der Waals surface area contributed by atoms with E-state index >= 15 is 0 Å². The number of thiophene rings is 1. The van der Waals surface area contributed by atoms with Crippen molar-refractivity contribution in [2.24, 2.45) is 5.92 Å². The number of aliphatic carboxylic acids is 1. The summed E-state index contributed by atoms with van der Waals surface area (Å²) in [4.78, 5) is 25.9. The highest BCUT2D eigenvalue weighted by atomic mass is 32.1. The molecule has 2 unspecified atom stereocenters. The second kappa shape index (κ2) is 7.56. The number of carbonyl (C=O) groups excluding carboxylic acids is 1. The molecule has 116 valence electrons. The third kappa shape index (κ3) is 5.13. The highest BCUT2D eigenvalue weighted by Crippen LogP contribution is 2.21. The molecule has 1 aromatic rings. The van der Waals surface area contributed by atoms with Gasteiger partial charge in [0, 0.05) is 17.8 Å². The molecule has 0 aliphatic carbocycles. The van der Waals surface area contributed by atoms with Gasteiger partial charge in [-0.05, 0) is 43.7 Å². The van der Waals surface area contributed by atoms with Gasteiger partial charge in [0.05, 0.1) is 12.6 Å². The number of hydrogen-bond donors (Lipinski definition) is 2. The van der Waals surface area contributed by atoms with Gasteiger partial charge in [-0.15, -0.1) is 11.3 Å². The van der Waals surface area contributed by atoms with E-state index in [1.54, 1.807) is 11.3 Å². The highest BCUT2D eigenvalue weighted by molar-refractivity contribution is 7.10. The maximum absolute atomic E-state index is 12.0. The van der Waals surface area contributed by atoms with Gasteiger partial charge in [-0.1, -0.05) is 6.07 Å². The minimum Gasteiger partial charge on any atom is -0.481 e. The van der Waals surface area contributed by atoms with E-state index in [0.717, 1.165) is 24.4 Å². The van der Waals surface area contributed by atoms with Crippen LogP contribution in [0.25, 0.3) is 0 Å². The molecule has 0 bridgehead atoms. The van der Waals surface area contributed by atoms with Crippen LogP contribution in [-0.4, -0.2) is 41.5 Å². The molecule has 0 spiro atoms. The minimum absolute atomic E-state index is 0.0368. The van der Waals surface area contributed by atoms with Crippen molar-refractivity contribution in [1.82, 2.24) is 10.2 Å². The SMILES string of the molecule is CC(NC(=O)CN1CCC(CCC(=O)O)C1)c1cccs1. The first kappa shape index (κ1) is 16.0. The fourth-order valence-electron chi connectivity index (χ4n) is 2.72. The van der Waals surface area contributed by atoms with Crippen LogP contribution in [0.5, 0.6) is 0 Å². The number of hydrogen-bond acceptors (Lipinski definition) is 4. The molecular weight excluding hydrogens is 288 g/mol. The third-order valence-electron chi connectivity index (χ3n) is 3.85. The van der Waals surface area contributed by atoms with Crippen molar-refractivity contribution in [1.29, 1.82) is 0 Å². The van der Waals surface area contributed by atoms with Gasteiger partial charge >= 0.3 is 5.97 Å². The van der Waals surface area contributed by atoms with E-state index in [1.807, 2.05) is 24.4 Å². The molecule has 2 atom stereocenters. The summed E-state index contributed by atoms with van der Waals surface area (Å²) >= 11 is 1.64. The molecule has 0 radical (unpaired) electrons. The number of carbonyl (C=O) groups is 2. The summed E-state index contributed by atoms with van der Waals surface area (Å²) in [6, 6.07) is 4.05. The van der Waals surface area contributed by atoms with Crippen LogP contribution in [0.1, 0.15) is 37.1 Å². The standard InChI is InChI=1S/C15H22N2O3S/c1-11(13-3-2-8-21-13)16-14(18)10-17-7-6-12(9-17)4-5-15(19)20/h2-3,8,11-12H,4-7,9-10H2,1H3,(H,16,18)(H,19,20). The zero-order valence-electron chi connectivity index (χ0n) is 12.2.